The van der Waals surface area contributed by atoms with E-state index in [1.54, 1.807) is 17.0 Å². The van der Waals surface area contributed by atoms with E-state index in [0.29, 0.717) is 18.7 Å². The largest absolute Gasteiger partial charge is 0.409 e. The molecule has 1 rings (SSSR count). The molecule has 0 unspecified atom stereocenters. The van der Waals surface area contributed by atoms with Gasteiger partial charge in [-0.1, -0.05) is 17.3 Å². The van der Waals surface area contributed by atoms with Crippen LogP contribution in [0.25, 0.3) is 0 Å². The number of carbonyl (C=O) groups is 1. The predicted octanol–water partition coefficient (Wildman–Crippen LogP) is 0.878. The third-order valence-electron chi connectivity index (χ3n) is 3.17. The molecule has 21 heavy (non-hydrogen) atoms. The Hall–Kier alpha value is -2.15. The highest BCUT2D eigenvalue weighted by Crippen LogP contribution is 2.12. The number of hydrogen-bond donors (Lipinski definition) is 3. The number of rotatable bonds is 7. The minimum atomic E-state index is -0.560. The standard InChI is InChI=1S/C14H21FN4O2/c1-3-19(4-2)12(20)9-17-8-10-6-5-7-11(13(10)15)14(16)18-21/h5-7,17,21H,3-4,8-9H2,1-2H3,(H2,16,18). The van der Waals surface area contributed by atoms with Gasteiger partial charge in [-0.25, -0.2) is 4.39 Å². The van der Waals surface area contributed by atoms with Gasteiger partial charge in [0.05, 0.1) is 12.1 Å². The number of likely N-dealkylation sites (N-methyl/N-ethyl adjacent to an activating group) is 1. The van der Waals surface area contributed by atoms with E-state index >= 15 is 0 Å². The lowest BCUT2D eigenvalue weighted by atomic mass is 10.1. The van der Waals surface area contributed by atoms with E-state index in [0.717, 1.165) is 0 Å². The lowest BCUT2D eigenvalue weighted by Gasteiger charge is -2.18. The first-order valence-corrected chi connectivity index (χ1v) is 6.78. The monoisotopic (exact) mass is 296 g/mol. The fraction of sp³-hybridized carbons (Fsp3) is 0.429. The number of amidine groups is 1. The van der Waals surface area contributed by atoms with Gasteiger partial charge in [-0.15, -0.1) is 0 Å². The molecule has 0 heterocycles. The number of amides is 1. The highest BCUT2D eigenvalue weighted by Gasteiger charge is 2.12. The van der Waals surface area contributed by atoms with Gasteiger partial charge in [-0.2, -0.15) is 0 Å². The number of carbonyl (C=O) groups excluding carboxylic acids is 1. The molecule has 0 radical (unpaired) electrons. The molecule has 1 aromatic rings. The number of oxime groups is 1. The van der Waals surface area contributed by atoms with Gasteiger partial charge in [0, 0.05) is 25.2 Å². The van der Waals surface area contributed by atoms with Crippen molar-refractivity contribution in [3.63, 3.8) is 0 Å². The van der Waals surface area contributed by atoms with Gasteiger partial charge in [0.25, 0.3) is 0 Å². The van der Waals surface area contributed by atoms with E-state index in [1.165, 1.54) is 6.07 Å². The van der Waals surface area contributed by atoms with Crippen LogP contribution in [0.3, 0.4) is 0 Å². The Labute approximate surface area is 123 Å². The number of halogens is 1. The highest BCUT2D eigenvalue weighted by molar-refractivity contribution is 5.97. The third kappa shape index (κ3) is 4.42. The van der Waals surface area contributed by atoms with Crippen LogP contribution in [0.2, 0.25) is 0 Å². The Morgan fingerprint density at radius 1 is 1.43 bits per heavy atom. The Balaban J connectivity index is 2.67. The van der Waals surface area contributed by atoms with E-state index < -0.39 is 5.82 Å². The van der Waals surface area contributed by atoms with Gasteiger partial charge >= 0.3 is 0 Å². The maximum Gasteiger partial charge on any atom is 0.236 e. The second-order valence-electron chi connectivity index (χ2n) is 4.43. The van der Waals surface area contributed by atoms with E-state index in [-0.39, 0.29) is 30.4 Å². The molecular weight excluding hydrogens is 275 g/mol. The zero-order valence-corrected chi connectivity index (χ0v) is 12.3. The molecule has 1 amide bonds. The topological polar surface area (TPSA) is 91.0 Å². The van der Waals surface area contributed by atoms with Crippen molar-refractivity contribution in [2.75, 3.05) is 19.6 Å². The zero-order chi connectivity index (χ0) is 15.8. The molecule has 0 aromatic heterocycles. The molecule has 0 atom stereocenters. The van der Waals surface area contributed by atoms with Crippen molar-refractivity contribution in [2.24, 2.45) is 10.9 Å². The van der Waals surface area contributed by atoms with Crippen molar-refractivity contribution in [3.05, 3.63) is 35.1 Å². The Bertz CT molecular complexity index is 516. The Morgan fingerprint density at radius 3 is 2.67 bits per heavy atom. The summed E-state index contributed by atoms with van der Waals surface area (Å²) < 4.78 is 14.1. The number of benzene rings is 1. The normalized spacial score (nSPS) is 11.5. The molecule has 0 fully saturated rings. The van der Waals surface area contributed by atoms with Crippen molar-refractivity contribution >= 4 is 11.7 Å². The van der Waals surface area contributed by atoms with Gasteiger partial charge < -0.3 is 21.2 Å². The van der Waals surface area contributed by atoms with Gasteiger partial charge in [0.15, 0.2) is 5.84 Å². The minimum Gasteiger partial charge on any atom is -0.409 e. The van der Waals surface area contributed by atoms with E-state index in [2.05, 4.69) is 10.5 Å². The third-order valence-corrected chi connectivity index (χ3v) is 3.17. The van der Waals surface area contributed by atoms with Crippen molar-refractivity contribution in [1.82, 2.24) is 10.2 Å². The summed E-state index contributed by atoms with van der Waals surface area (Å²) in [7, 11) is 0. The molecule has 0 aliphatic carbocycles. The fourth-order valence-electron chi connectivity index (χ4n) is 1.96. The molecule has 4 N–H and O–H groups in total. The SMILES string of the molecule is CCN(CC)C(=O)CNCc1cccc(/C(N)=N/O)c1F. The lowest BCUT2D eigenvalue weighted by Crippen LogP contribution is -2.37. The van der Waals surface area contributed by atoms with Crippen LogP contribution in [0.5, 0.6) is 0 Å². The van der Waals surface area contributed by atoms with E-state index in [9.17, 15) is 9.18 Å². The molecule has 0 spiro atoms. The average molecular weight is 296 g/mol. The summed E-state index contributed by atoms with van der Waals surface area (Å²) in [5, 5.41) is 14.3. The maximum absolute atomic E-state index is 14.1. The quantitative estimate of drug-likeness (QED) is 0.301. The summed E-state index contributed by atoms with van der Waals surface area (Å²) in [6, 6.07) is 4.62. The first-order valence-electron chi connectivity index (χ1n) is 6.78. The van der Waals surface area contributed by atoms with Crippen LogP contribution < -0.4 is 11.1 Å². The van der Waals surface area contributed by atoms with Crippen molar-refractivity contribution in [2.45, 2.75) is 20.4 Å². The molecule has 0 aliphatic rings. The first-order chi connectivity index (χ1) is 10.0. The summed E-state index contributed by atoms with van der Waals surface area (Å²) in [6.45, 7) is 5.41. The van der Waals surface area contributed by atoms with Crippen LogP contribution in [0, 0.1) is 5.82 Å². The second-order valence-corrected chi connectivity index (χ2v) is 4.43. The summed E-state index contributed by atoms with van der Waals surface area (Å²) in [5.41, 5.74) is 5.78. The van der Waals surface area contributed by atoms with E-state index in [4.69, 9.17) is 10.9 Å². The predicted molar refractivity (Wildman–Crippen MR) is 78.5 cm³/mol. The summed E-state index contributed by atoms with van der Waals surface area (Å²) in [6.07, 6.45) is 0. The minimum absolute atomic E-state index is 0.0341. The van der Waals surface area contributed by atoms with Crippen LogP contribution in [-0.2, 0) is 11.3 Å². The first kappa shape index (κ1) is 16.9. The van der Waals surface area contributed by atoms with Crippen LogP contribution in [-0.4, -0.2) is 41.5 Å². The van der Waals surface area contributed by atoms with Gasteiger partial charge in [-0.3, -0.25) is 4.79 Å². The summed E-state index contributed by atoms with van der Waals surface area (Å²) in [5.74, 6) is -0.878. The van der Waals surface area contributed by atoms with Gasteiger partial charge in [-0.05, 0) is 19.9 Å². The zero-order valence-electron chi connectivity index (χ0n) is 12.3. The molecule has 7 heteroatoms. The van der Waals surface area contributed by atoms with Crippen molar-refractivity contribution < 1.29 is 14.4 Å². The number of nitrogens with two attached hydrogens (primary N) is 1. The van der Waals surface area contributed by atoms with Crippen LogP contribution >= 0.6 is 0 Å². The number of nitrogens with one attached hydrogen (secondary N) is 1. The van der Waals surface area contributed by atoms with Crippen LogP contribution in [0.1, 0.15) is 25.0 Å². The molecule has 0 saturated heterocycles. The number of nitrogens with zero attached hydrogens (tertiary/aromatic N) is 2. The molecule has 0 bridgehead atoms. The smallest absolute Gasteiger partial charge is 0.236 e. The highest BCUT2D eigenvalue weighted by atomic mass is 19.1. The van der Waals surface area contributed by atoms with Crippen molar-refractivity contribution in [3.8, 4) is 0 Å². The van der Waals surface area contributed by atoms with Gasteiger partial charge in [0.1, 0.15) is 5.82 Å². The second kappa shape index (κ2) is 8.21. The summed E-state index contributed by atoms with van der Waals surface area (Å²) >= 11 is 0. The fourth-order valence-corrected chi connectivity index (χ4v) is 1.96. The lowest BCUT2D eigenvalue weighted by molar-refractivity contribution is -0.129. The molecule has 1 aromatic carbocycles. The molecule has 0 aliphatic heterocycles. The van der Waals surface area contributed by atoms with Crippen LogP contribution in [0.4, 0.5) is 4.39 Å². The number of hydrogen-bond acceptors (Lipinski definition) is 4. The summed E-state index contributed by atoms with van der Waals surface area (Å²) in [4.78, 5) is 13.5. The van der Waals surface area contributed by atoms with Crippen molar-refractivity contribution in [1.29, 1.82) is 0 Å². The Kier molecular flexibility index (Phi) is 6.61. The molecular formula is C14H21FN4O2. The molecule has 0 saturated carbocycles. The Morgan fingerprint density at radius 2 is 2.10 bits per heavy atom. The van der Waals surface area contributed by atoms with Gasteiger partial charge in [0.2, 0.25) is 5.91 Å². The average Bonchev–Trinajstić information content (AvgIpc) is 2.49. The van der Waals surface area contributed by atoms with Crippen LogP contribution in [0.15, 0.2) is 23.4 Å². The molecule has 116 valence electrons. The maximum atomic E-state index is 14.1. The van der Waals surface area contributed by atoms with E-state index in [1.807, 2.05) is 13.8 Å². The molecule has 6 nitrogen and oxygen atoms in total.